The monoisotopic (exact) mass is 196 g/mol. The topological polar surface area (TPSA) is 43.3 Å². The van der Waals surface area contributed by atoms with E-state index in [1.807, 2.05) is 26.4 Å². The number of aromatic nitrogens is 1. The van der Waals surface area contributed by atoms with E-state index in [9.17, 15) is 4.79 Å². The normalized spacial score (nSPS) is 10.2. The Labute approximate surface area is 83.9 Å². The summed E-state index contributed by atoms with van der Waals surface area (Å²) < 4.78 is 6.45. The SMILES string of the molecule is CNCCc1cc(C(=O)OC)n(C)c1. The quantitative estimate of drug-likeness (QED) is 0.716. The molecule has 4 heteroatoms. The largest absolute Gasteiger partial charge is 0.464 e. The van der Waals surface area contributed by atoms with Gasteiger partial charge in [-0.05, 0) is 31.6 Å². The number of ether oxygens (including phenoxy) is 1. The van der Waals surface area contributed by atoms with Crippen LogP contribution in [-0.2, 0) is 18.2 Å². The molecule has 14 heavy (non-hydrogen) atoms. The number of nitrogens with zero attached hydrogens (tertiary/aromatic N) is 1. The first kappa shape index (κ1) is 10.8. The molecule has 0 unspecified atom stereocenters. The molecule has 0 aliphatic carbocycles. The number of methoxy groups -OCH3 is 1. The fraction of sp³-hybridized carbons (Fsp3) is 0.500. The van der Waals surface area contributed by atoms with Gasteiger partial charge in [0.2, 0.25) is 0 Å². The van der Waals surface area contributed by atoms with Gasteiger partial charge in [-0.25, -0.2) is 4.79 Å². The highest BCUT2D eigenvalue weighted by molar-refractivity contribution is 5.87. The minimum absolute atomic E-state index is 0.289. The van der Waals surface area contributed by atoms with E-state index in [0.717, 1.165) is 18.5 Å². The minimum atomic E-state index is -0.289. The molecule has 1 aromatic heterocycles. The number of carbonyl (C=O) groups excluding carboxylic acids is 1. The van der Waals surface area contributed by atoms with Gasteiger partial charge in [0.15, 0.2) is 0 Å². The van der Waals surface area contributed by atoms with Crippen molar-refractivity contribution < 1.29 is 9.53 Å². The Morgan fingerprint density at radius 1 is 1.64 bits per heavy atom. The summed E-state index contributed by atoms with van der Waals surface area (Å²) in [7, 11) is 5.14. The summed E-state index contributed by atoms with van der Waals surface area (Å²) >= 11 is 0. The van der Waals surface area contributed by atoms with Crippen LogP contribution in [0.2, 0.25) is 0 Å². The van der Waals surface area contributed by atoms with E-state index in [-0.39, 0.29) is 5.97 Å². The van der Waals surface area contributed by atoms with Gasteiger partial charge in [0.05, 0.1) is 7.11 Å². The van der Waals surface area contributed by atoms with Crippen molar-refractivity contribution in [2.45, 2.75) is 6.42 Å². The zero-order valence-corrected chi connectivity index (χ0v) is 8.83. The number of rotatable bonds is 4. The Kier molecular flexibility index (Phi) is 3.71. The summed E-state index contributed by atoms with van der Waals surface area (Å²) in [5, 5.41) is 3.06. The van der Waals surface area contributed by atoms with Gasteiger partial charge >= 0.3 is 5.97 Å². The summed E-state index contributed by atoms with van der Waals surface area (Å²) in [4.78, 5) is 11.3. The molecule has 1 aromatic rings. The van der Waals surface area contributed by atoms with Crippen LogP contribution in [0.3, 0.4) is 0 Å². The van der Waals surface area contributed by atoms with Crippen molar-refractivity contribution in [1.82, 2.24) is 9.88 Å². The molecule has 0 fully saturated rings. The van der Waals surface area contributed by atoms with Crippen molar-refractivity contribution in [2.75, 3.05) is 20.7 Å². The van der Waals surface area contributed by atoms with E-state index < -0.39 is 0 Å². The zero-order valence-electron chi connectivity index (χ0n) is 8.83. The molecule has 0 aliphatic rings. The molecule has 0 saturated carbocycles. The summed E-state index contributed by atoms with van der Waals surface area (Å²) in [6, 6.07) is 1.86. The molecule has 0 aromatic carbocycles. The average Bonchev–Trinajstić information content (AvgIpc) is 2.55. The molecule has 0 spiro atoms. The number of esters is 1. The number of hydrogen-bond acceptors (Lipinski definition) is 3. The zero-order chi connectivity index (χ0) is 10.6. The van der Waals surface area contributed by atoms with Crippen LogP contribution in [0.4, 0.5) is 0 Å². The van der Waals surface area contributed by atoms with Crippen LogP contribution in [0.1, 0.15) is 16.1 Å². The molecule has 1 rings (SSSR count). The lowest BCUT2D eigenvalue weighted by atomic mass is 10.2. The lowest BCUT2D eigenvalue weighted by Crippen LogP contribution is -2.09. The van der Waals surface area contributed by atoms with Gasteiger partial charge in [-0.15, -0.1) is 0 Å². The molecule has 1 N–H and O–H groups in total. The molecule has 0 atom stereocenters. The van der Waals surface area contributed by atoms with Gasteiger partial charge < -0.3 is 14.6 Å². The molecular weight excluding hydrogens is 180 g/mol. The number of aryl methyl sites for hydroxylation is 1. The van der Waals surface area contributed by atoms with Gasteiger partial charge in [0.25, 0.3) is 0 Å². The predicted molar refractivity (Wildman–Crippen MR) is 54.4 cm³/mol. The second-order valence-electron chi connectivity index (χ2n) is 3.19. The maximum Gasteiger partial charge on any atom is 0.354 e. The highest BCUT2D eigenvalue weighted by Crippen LogP contribution is 2.08. The molecular formula is C10H16N2O2. The number of hydrogen-bond donors (Lipinski definition) is 1. The van der Waals surface area contributed by atoms with E-state index in [0.29, 0.717) is 5.69 Å². The standard InChI is InChI=1S/C10H16N2O2/c1-11-5-4-8-6-9(10(13)14-3)12(2)7-8/h6-7,11H,4-5H2,1-3H3. The Morgan fingerprint density at radius 2 is 2.36 bits per heavy atom. The van der Waals surface area contributed by atoms with Gasteiger partial charge in [-0.3, -0.25) is 0 Å². The van der Waals surface area contributed by atoms with Crippen molar-refractivity contribution in [3.63, 3.8) is 0 Å². The highest BCUT2D eigenvalue weighted by atomic mass is 16.5. The summed E-state index contributed by atoms with van der Waals surface area (Å²) in [6.45, 7) is 0.907. The molecule has 78 valence electrons. The third kappa shape index (κ3) is 2.35. The maximum absolute atomic E-state index is 11.3. The number of likely N-dealkylation sites (N-methyl/N-ethyl adjacent to an activating group) is 1. The number of nitrogens with one attached hydrogen (secondary N) is 1. The maximum atomic E-state index is 11.3. The fourth-order valence-corrected chi connectivity index (χ4v) is 1.35. The van der Waals surface area contributed by atoms with Gasteiger partial charge in [-0.1, -0.05) is 0 Å². The van der Waals surface area contributed by atoms with Crippen LogP contribution in [-0.4, -0.2) is 31.2 Å². The van der Waals surface area contributed by atoms with E-state index in [4.69, 9.17) is 0 Å². The van der Waals surface area contributed by atoms with Crippen molar-refractivity contribution in [1.29, 1.82) is 0 Å². The van der Waals surface area contributed by atoms with Crippen LogP contribution in [0, 0.1) is 0 Å². The van der Waals surface area contributed by atoms with Crippen LogP contribution in [0.15, 0.2) is 12.3 Å². The Bertz CT molecular complexity index is 318. The fourth-order valence-electron chi connectivity index (χ4n) is 1.35. The molecule has 0 radical (unpaired) electrons. The molecule has 1 heterocycles. The third-order valence-corrected chi connectivity index (χ3v) is 2.12. The highest BCUT2D eigenvalue weighted by Gasteiger charge is 2.10. The lowest BCUT2D eigenvalue weighted by Gasteiger charge is -1.98. The van der Waals surface area contributed by atoms with E-state index in [1.165, 1.54) is 7.11 Å². The first-order valence-electron chi connectivity index (χ1n) is 4.57. The Hall–Kier alpha value is -1.29. The van der Waals surface area contributed by atoms with E-state index in [2.05, 4.69) is 10.1 Å². The van der Waals surface area contributed by atoms with Crippen LogP contribution < -0.4 is 5.32 Å². The summed E-state index contributed by atoms with van der Waals surface area (Å²) in [5.74, 6) is -0.289. The molecule has 0 saturated heterocycles. The Balaban J connectivity index is 2.77. The summed E-state index contributed by atoms with van der Waals surface area (Å²) in [6.07, 6.45) is 2.87. The Morgan fingerprint density at radius 3 is 2.93 bits per heavy atom. The van der Waals surface area contributed by atoms with E-state index >= 15 is 0 Å². The van der Waals surface area contributed by atoms with Crippen molar-refractivity contribution in [3.8, 4) is 0 Å². The van der Waals surface area contributed by atoms with Gasteiger partial charge in [-0.2, -0.15) is 0 Å². The van der Waals surface area contributed by atoms with E-state index in [1.54, 1.807) is 4.57 Å². The number of carbonyl (C=O) groups is 1. The van der Waals surface area contributed by atoms with Crippen molar-refractivity contribution >= 4 is 5.97 Å². The van der Waals surface area contributed by atoms with Crippen LogP contribution in [0.5, 0.6) is 0 Å². The second-order valence-corrected chi connectivity index (χ2v) is 3.19. The minimum Gasteiger partial charge on any atom is -0.464 e. The van der Waals surface area contributed by atoms with Gasteiger partial charge in [0.1, 0.15) is 5.69 Å². The van der Waals surface area contributed by atoms with Crippen LogP contribution in [0.25, 0.3) is 0 Å². The smallest absolute Gasteiger partial charge is 0.354 e. The van der Waals surface area contributed by atoms with Gasteiger partial charge in [0, 0.05) is 13.2 Å². The first-order valence-corrected chi connectivity index (χ1v) is 4.57. The summed E-state index contributed by atoms with van der Waals surface area (Å²) in [5.41, 5.74) is 1.74. The second kappa shape index (κ2) is 4.81. The molecule has 4 nitrogen and oxygen atoms in total. The molecule has 0 amide bonds. The lowest BCUT2D eigenvalue weighted by molar-refractivity contribution is 0.0590. The predicted octanol–water partition coefficient (Wildman–Crippen LogP) is 0.574. The van der Waals surface area contributed by atoms with Crippen molar-refractivity contribution in [2.24, 2.45) is 7.05 Å². The third-order valence-electron chi connectivity index (χ3n) is 2.12. The van der Waals surface area contributed by atoms with Crippen LogP contribution >= 0.6 is 0 Å². The average molecular weight is 196 g/mol. The molecule has 0 bridgehead atoms. The molecule has 0 aliphatic heterocycles. The van der Waals surface area contributed by atoms with Crippen molar-refractivity contribution in [3.05, 3.63) is 23.5 Å². The first-order chi connectivity index (χ1) is 6.69.